The lowest BCUT2D eigenvalue weighted by Crippen LogP contribution is -2.32. The van der Waals surface area contributed by atoms with Crippen molar-refractivity contribution in [1.29, 1.82) is 0 Å². The second kappa shape index (κ2) is 61.5. The van der Waals surface area contributed by atoms with Crippen LogP contribution in [-0.4, -0.2) is 246 Å². The summed E-state index contributed by atoms with van der Waals surface area (Å²) in [5.74, 6) is -16.9. The maximum absolute atomic E-state index is 15.0. The number of esters is 2. The number of alkyl halides is 4. The van der Waals surface area contributed by atoms with Gasteiger partial charge in [-0.25, -0.2) is 14.8 Å². The number of ether oxygens (including phenoxy) is 4. The number of guanidine groups is 7. The number of nitrogens with one attached hydrogen (secondary N) is 2. The molecular weight excluding hydrogens is 1760 g/mol. The summed E-state index contributed by atoms with van der Waals surface area (Å²) in [5.41, 5.74) is 95.2. The number of imidazole rings is 2. The number of primary amides is 1. The molecule has 7 unspecified atom stereocenters. The Bertz CT molecular complexity index is 4670. The molecule has 50 nitrogen and oxygen atoms in total. The van der Waals surface area contributed by atoms with Crippen molar-refractivity contribution in [3.05, 3.63) is 33.4 Å². The molecule has 4 aromatic heterocycles. The van der Waals surface area contributed by atoms with E-state index in [0.29, 0.717) is 12.1 Å². The molecule has 37 N–H and O–H groups in total. The minimum atomic E-state index is -5.08. The molecule has 4 heterocycles. The topological polar surface area (TPSA) is 901 Å². The van der Waals surface area contributed by atoms with Crippen LogP contribution in [0.1, 0.15) is 142 Å². The number of ketones is 7. The minimum Gasteiger partial charge on any atom is -0.475 e. The Hall–Kier alpha value is -12.9. The van der Waals surface area contributed by atoms with E-state index in [1.165, 1.54) is 21.8 Å². The van der Waals surface area contributed by atoms with Crippen LogP contribution in [0.2, 0.25) is 0 Å². The summed E-state index contributed by atoms with van der Waals surface area (Å²) in [4.78, 5) is 220. The van der Waals surface area contributed by atoms with E-state index in [9.17, 15) is 65.9 Å². The molecule has 4 aromatic rings. The van der Waals surface area contributed by atoms with Crippen LogP contribution in [0.25, 0.3) is 22.3 Å². The molecule has 1 amide bonds. The Morgan fingerprint density at radius 1 is 0.431 bits per heavy atom. The number of aromatic amines is 2. The highest BCUT2D eigenvalue weighted by atomic mass is 35.5. The fourth-order valence-corrected chi connectivity index (χ4v) is 13.7. The highest BCUT2D eigenvalue weighted by molar-refractivity contribution is 7.99. The third kappa shape index (κ3) is 48.3. The zero-order chi connectivity index (χ0) is 97.6. The molecule has 0 aliphatic heterocycles. The fourth-order valence-electron chi connectivity index (χ4n) is 12.7. The van der Waals surface area contributed by atoms with Crippen molar-refractivity contribution in [1.82, 2.24) is 39.0 Å². The summed E-state index contributed by atoms with van der Waals surface area (Å²) >= 11 is 6.41. The molecule has 0 bridgehead atoms. The largest absolute Gasteiger partial charge is 0.490 e. The van der Waals surface area contributed by atoms with Gasteiger partial charge in [0.15, 0.2) is 64.0 Å². The standard InChI is InChI=1S/C63H111N27O12S.C10H12ClN5O4.C2HF3O2/c1-36(32-103-33-51(98)102-24-23-101-35-90-34-87-52-54(90)88-63(79)89-55(52)100)44(91)25-37(9-2-16-80-56(65)66)45(92)26-38(10-3-17-81-57(67)68)46(93)27-39(11-4-18-82-58(69)70)47(94)28-40(12-5-19-83-59(71)72)48(95)29-41(13-6-20-84-60(73)74)49(96)30-42(14-7-21-85-61(75)76)50(97)31-43(53(64)99)15-8-22-86-62(77)78;11-3-6(17)20-2-1-19-5-16-4-13-7-8(16)14-10(12)15-9(7)18;3-2(4,5)1(6)7/h34,36-43H,2-33,35H2,1H3,(H2,64,99)(H4,65,66,80)(H4,67,68,81)(H4,69,70,82)(H4,71,72,83)(H4,73,74,84)(H4,75,76,85)(H4,77,78,86)(H3,79,88,89,100);4H,1-3,5H2,(H3,12,14,15,18);(H,6,7)/t36-,37?,38?,39?,40?,41?,42?,43?;;/m0../s1. The smallest absolute Gasteiger partial charge is 0.475 e. The lowest BCUT2D eigenvalue weighted by molar-refractivity contribution is -0.192. The number of hydrogen-bond donors (Lipinski definition) is 20. The summed E-state index contributed by atoms with van der Waals surface area (Å²) in [6.07, 6.45) is -2.35. The van der Waals surface area contributed by atoms with Crippen LogP contribution in [0.15, 0.2) is 57.2 Å². The van der Waals surface area contributed by atoms with Crippen LogP contribution < -0.4 is 109 Å². The molecule has 55 heteroatoms. The van der Waals surface area contributed by atoms with Gasteiger partial charge in [-0.2, -0.15) is 23.1 Å². The molecule has 0 fully saturated rings. The van der Waals surface area contributed by atoms with E-state index in [0.717, 1.165) is 11.8 Å². The van der Waals surface area contributed by atoms with Crippen molar-refractivity contribution in [3.8, 4) is 0 Å². The number of H-pyrrole nitrogens is 2. The SMILES string of the molecule is C[C@@H](CSCC(=O)OCCOCn1cnc2c(=O)[nH]c(N)nc21)C(=O)CC(CCCN=C(N)N)C(=O)CC(CCCN=C(N)N)C(=O)CC(CCCN=C(N)N)C(=O)CC(CCCN=C(N)N)C(=O)CC(CCCN=C(N)N)C(=O)CC(CCCN=C(N)N)C(=O)CC(CCCN=C(N)N)C(N)=O.Nc1nc2c(ncn2COCCOC(=O)CCl)c(=O)[nH]1.O=C(O)C(F)(F)F. The maximum atomic E-state index is 15.0. The summed E-state index contributed by atoms with van der Waals surface area (Å²) in [5, 5.41) is 7.12. The van der Waals surface area contributed by atoms with Crippen LogP contribution in [-0.2, 0) is 85.1 Å². The Morgan fingerprint density at radius 2 is 0.685 bits per heavy atom. The van der Waals surface area contributed by atoms with Crippen LogP contribution in [0.4, 0.5) is 25.1 Å². The highest BCUT2D eigenvalue weighted by Crippen LogP contribution is 2.32. The fraction of sp³-hybridized carbons (Fsp3) is 0.627. The van der Waals surface area contributed by atoms with E-state index in [-0.39, 0.29) is 288 Å². The van der Waals surface area contributed by atoms with Crippen LogP contribution in [0.5, 0.6) is 0 Å². The number of rotatable bonds is 65. The Balaban J connectivity index is 0.00000179. The zero-order valence-electron chi connectivity index (χ0n) is 72.4. The molecular formula is C75H124ClF3N32O18S. The first-order valence-corrected chi connectivity index (χ1v) is 42.7. The number of anilines is 2. The van der Waals surface area contributed by atoms with Gasteiger partial charge in [0.25, 0.3) is 11.1 Å². The van der Waals surface area contributed by atoms with Gasteiger partial charge in [0.05, 0.1) is 31.6 Å². The quantitative estimate of drug-likeness (QED) is 0.00672. The van der Waals surface area contributed by atoms with Crippen molar-refractivity contribution >= 4 is 164 Å². The Labute approximate surface area is 753 Å². The molecule has 0 aromatic carbocycles. The number of Topliss-reactive ketones (excluding diaryl/α,β-unsaturated/α-hetero) is 7. The van der Waals surface area contributed by atoms with Gasteiger partial charge >= 0.3 is 24.1 Å². The van der Waals surface area contributed by atoms with Crippen LogP contribution in [0, 0.1) is 47.3 Å². The summed E-state index contributed by atoms with van der Waals surface area (Å²) in [6, 6.07) is 0. The van der Waals surface area contributed by atoms with Gasteiger partial charge in [-0.3, -0.25) is 112 Å². The third-order valence-electron chi connectivity index (χ3n) is 19.2. The average molecular weight is 1890 g/mol. The number of nitrogens with two attached hydrogens (primary N) is 17. The van der Waals surface area contributed by atoms with E-state index >= 15 is 4.79 Å². The van der Waals surface area contributed by atoms with Crippen LogP contribution >= 0.6 is 23.4 Å². The molecule has 8 atom stereocenters. The minimum absolute atomic E-state index is 0.000271. The van der Waals surface area contributed by atoms with Gasteiger partial charge < -0.3 is 122 Å². The zero-order valence-corrected chi connectivity index (χ0v) is 73.9. The predicted molar refractivity (Wildman–Crippen MR) is 480 cm³/mol. The molecule has 4 rings (SSSR count). The van der Waals surface area contributed by atoms with Gasteiger partial charge in [-0.15, -0.1) is 23.4 Å². The van der Waals surface area contributed by atoms with Crippen molar-refractivity contribution in [2.45, 2.75) is 161 Å². The van der Waals surface area contributed by atoms with Crippen molar-refractivity contribution < 1.29 is 90.0 Å². The molecule has 0 aliphatic carbocycles. The number of halogens is 4. The molecule has 0 radical (unpaired) electrons. The number of carboxylic acid groups (broad SMARTS) is 1. The highest BCUT2D eigenvalue weighted by Gasteiger charge is 2.39. The number of aliphatic imine (C=N–C) groups is 7. The van der Waals surface area contributed by atoms with E-state index in [4.69, 9.17) is 138 Å². The van der Waals surface area contributed by atoms with Gasteiger partial charge in [0, 0.05) is 144 Å². The van der Waals surface area contributed by atoms with Crippen LogP contribution in [0.3, 0.4) is 0 Å². The van der Waals surface area contributed by atoms with Gasteiger partial charge in [-0.05, 0) is 89.9 Å². The first kappa shape index (κ1) is 113. The predicted octanol–water partition coefficient (Wildman–Crippen LogP) is -3.43. The molecule has 726 valence electrons. The number of aromatic nitrogens is 8. The summed E-state index contributed by atoms with van der Waals surface area (Å²) < 4.78 is 55.6. The number of carboxylic acids is 1. The second-order valence-electron chi connectivity index (χ2n) is 29.7. The van der Waals surface area contributed by atoms with E-state index < -0.39 is 142 Å². The number of fused-ring (bicyclic) bond motifs is 2. The number of carbonyl (C=O) groups excluding carboxylic acids is 10. The maximum Gasteiger partial charge on any atom is 0.490 e. The monoisotopic (exact) mass is 1880 g/mol. The number of nitrogen functional groups attached to an aromatic ring is 2. The van der Waals surface area contributed by atoms with Gasteiger partial charge in [0.1, 0.15) is 73.0 Å². The third-order valence-corrected chi connectivity index (χ3v) is 20.6. The van der Waals surface area contributed by atoms with E-state index in [2.05, 4.69) is 64.9 Å². The van der Waals surface area contributed by atoms with Crippen molar-refractivity contribution in [2.24, 2.45) is 168 Å². The Kier molecular flexibility index (Phi) is 53.6. The van der Waals surface area contributed by atoms with Crippen molar-refractivity contribution in [2.75, 3.05) is 101 Å². The first-order chi connectivity index (χ1) is 61.3. The van der Waals surface area contributed by atoms with E-state index in [1.54, 1.807) is 6.92 Å². The number of amides is 1. The number of aliphatic carboxylic acids is 1. The molecule has 0 saturated heterocycles. The number of hydrogen-bond acceptors (Lipinski definition) is 31. The lowest BCUT2D eigenvalue weighted by atomic mass is 9.78. The molecule has 130 heavy (non-hydrogen) atoms. The lowest BCUT2D eigenvalue weighted by Gasteiger charge is -2.25. The summed E-state index contributed by atoms with van der Waals surface area (Å²) in [7, 11) is 0. The molecule has 0 saturated carbocycles. The number of carbonyl (C=O) groups is 11. The van der Waals surface area contributed by atoms with Gasteiger partial charge in [0.2, 0.25) is 17.8 Å². The van der Waals surface area contributed by atoms with Gasteiger partial charge in [-0.1, -0.05) is 6.92 Å². The average Bonchev–Trinajstić information content (AvgIpc) is 1.66. The number of thioether (sulfide) groups is 1. The van der Waals surface area contributed by atoms with Crippen molar-refractivity contribution in [3.63, 3.8) is 0 Å². The first-order valence-electron chi connectivity index (χ1n) is 41.0. The van der Waals surface area contributed by atoms with E-state index in [1.807, 2.05) is 0 Å². The number of nitrogens with zero attached hydrogens (tertiary/aromatic N) is 13. The second-order valence-corrected chi connectivity index (χ2v) is 31.0. The Morgan fingerprint density at radius 3 is 0.938 bits per heavy atom. The normalized spacial score (nSPS) is 12.9. The summed E-state index contributed by atoms with van der Waals surface area (Å²) in [6.45, 7) is 2.56. The molecule has 0 aliphatic rings. The molecule has 0 spiro atoms.